The summed E-state index contributed by atoms with van der Waals surface area (Å²) in [7, 11) is 0. The molecule has 1 unspecified atom stereocenters. The molecule has 4 aliphatic carbocycles. The molecular weight excluding hydrogens is 240 g/mol. The second-order valence-corrected chi connectivity index (χ2v) is 6.03. The molecule has 2 fully saturated rings. The normalized spacial score (nSPS) is 50.6. The number of carbonyl (C=O) groups is 1. The summed E-state index contributed by atoms with van der Waals surface area (Å²) < 4.78 is 0. The summed E-state index contributed by atoms with van der Waals surface area (Å²) in [5.41, 5.74) is 0. The number of hydrogen-bond acceptors (Lipinski definition) is 1. The van der Waals surface area contributed by atoms with Gasteiger partial charge in [0.25, 0.3) is 0 Å². The molecule has 2 heteroatoms. The van der Waals surface area contributed by atoms with Crippen LogP contribution < -0.4 is 0 Å². The first-order valence-electron chi connectivity index (χ1n) is 5.63. The van der Waals surface area contributed by atoms with Gasteiger partial charge >= 0.3 is 0 Å². The minimum Gasteiger partial charge on any atom is -0.298 e. The number of fused-ring (bicyclic) bond motifs is 1. The first-order chi connectivity index (χ1) is 6.77. The summed E-state index contributed by atoms with van der Waals surface area (Å²) in [6.45, 7) is 0. The van der Waals surface area contributed by atoms with Crippen molar-refractivity contribution in [3.8, 4) is 0 Å². The smallest absolute Gasteiger partial charge is 0.150 e. The van der Waals surface area contributed by atoms with E-state index in [-0.39, 0.29) is 4.83 Å². The van der Waals surface area contributed by atoms with Crippen LogP contribution in [0.5, 0.6) is 0 Å². The molecule has 0 radical (unpaired) electrons. The molecule has 0 spiro atoms. The van der Waals surface area contributed by atoms with Gasteiger partial charge in [-0.15, -0.1) is 0 Å². The molecule has 4 rings (SSSR count). The van der Waals surface area contributed by atoms with Crippen molar-refractivity contribution in [3.63, 3.8) is 0 Å². The zero-order valence-electron chi connectivity index (χ0n) is 8.16. The maximum Gasteiger partial charge on any atom is 0.150 e. The summed E-state index contributed by atoms with van der Waals surface area (Å²) in [4.78, 5) is 12.2. The van der Waals surface area contributed by atoms with Crippen LogP contribution in [0.3, 0.4) is 0 Å². The van der Waals surface area contributed by atoms with Crippen LogP contribution in [0, 0.1) is 23.7 Å². The molecule has 0 aromatic rings. The monoisotopic (exact) mass is 254 g/mol. The van der Waals surface area contributed by atoms with Gasteiger partial charge in [-0.2, -0.15) is 0 Å². The third kappa shape index (κ3) is 1.16. The van der Waals surface area contributed by atoms with Crippen molar-refractivity contribution >= 4 is 21.7 Å². The predicted octanol–water partition coefficient (Wildman–Crippen LogP) is 2.94. The number of alkyl halides is 1. The van der Waals surface area contributed by atoms with Gasteiger partial charge in [0.2, 0.25) is 0 Å². The first-order valence-corrected chi connectivity index (χ1v) is 6.55. The predicted molar refractivity (Wildman–Crippen MR) is 59.3 cm³/mol. The number of rotatable bonds is 0. The van der Waals surface area contributed by atoms with Crippen molar-refractivity contribution in [1.29, 1.82) is 0 Å². The van der Waals surface area contributed by atoms with Crippen molar-refractivity contribution in [1.82, 2.24) is 0 Å². The highest BCUT2D eigenvalue weighted by molar-refractivity contribution is 9.10. The van der Waals surface area contributed by atoms with Gasteiger partial charge < -0.3 is 0 Å². The van der Waals surface area contributed by atoms with E-state index in [1.165, 1.54) is 19.3 Å². The molecule has 0 heterocycles. The van der Waals surface area contributed by atoms with Gasteiger partial charge in [0.15, 0.2) is 0 Å². The van der Waals surface area contributed by atoms with Crippen LogP contribution >= 0.6 is 15.9 Å². The fourth-order valence-corrected chi connectivity index (χ4v) is 4.18. The molecule has 0 saturated heterocycles. The van der Waals surface area contributed by atoms with Gasteiger partial charge in [-0.25, -0.2) is 0 Å². The van der Waals surface area contributed by atoms with E-state index in [9.17, 15) is 4.79 Å². The van der Waals surface area contributed by atoms with Crippen molar-refractivity contribution in [2.75, 3.05) is 0 Å². The lowest BCUT2D eigenvalue weighted by molar-refractivity contribution is -0.130. The molecule has 76 valence electrons. The summed E-state index contributed by atoms with van der Waals surface area (Å²) in [6, 6.07) is 0. The van der Waals surface area contributed by atoms with E-state index in [4.69, 9.17) is 0 Å². The zero-order chi connectivity index (χ0) is 9.71. The molecule has 1 nitrogen and oxygen atoms in total. The van der Waals surface area contributed by atoms with Crippen LogP contribution in [0.2, 0.25) is 0 Å². The van der Waals surface area contributed by atoms with E-state index < -0.39 is 0 Å². The average Bonchev–Trinajstić information content (AvgIpc) is 2.25. The molecule has 4 aliphatic rings. The molecule has 0 N–H and O–H groups in total. The van der Waals surface area contributed by atoms with Gasteiger partial charge in [-0.3, -0.25) is 4.79 Å². The Morgan fingerprint density at radius 2 is 1.79 bits per heavy atom. The molecule has 14 heavy (non-hydrogen) atoms. The Hall–Kier alpha value is -0.110. The average molecular weight is 255 g/mol. The maximum atomic E-state index is 12.1. The molecule has 2 saturated carbocycles. The summed E-state index contributed by atoms with van der Waals surface area (Å²) in [6.07, 6.45) is 9.54. The molecule has 5 atom stereocenters. The Balaban J connectivity index is 1.95. The van der Waals surface area contributed by atoms with E-state index in [2.05, 4.69) is 28.1 Å². The molecular formula is C12H15BrO. The number of hydrogen-bond donors (Lipinski definition) is 0. The Bertz CT molecular complexity index is 297. The van der Waals surface area contributed by atoms with Crippen molar-refractivity contribution in [2.24, 2.45) is 23.7 Å². The van der Waals surface area contributed by atoms with Gasteiger partial charge in [0.1, 0.15) is 5.78 Å². The second kappa shape index (κ2) is 3.19. The van der Waals surface area contributed by atoms with Crippen LogP contribution in [0.1, 0.15) is 25.7 Å². The second-order valence-electron chi connectivity index (χ2n) is 4.93. The first kappa shape index (κ1) is 9.14. The van der Waals surface area contributed by atoms with E-state index in [1.807, 2.05) is 0 Å². The summed E-state index contributed by atoms with van der Waals surface area (Å²) in [5, 5.41) is 0. The number of carbonyl (C=O) groups excluding carboxylic acids is 1. The van der Waals surface area contributed by atoms with Crippen molar-refractivity contribution in [2.45, 2.75) is 30.5 Å². The lowest BCUT2D eigenvalue weighted by Gasteiger charge is -2.47. The highest BCUT2D eigenvalue weighted by atomic mass is 79.9. The van der Waals surface area contributed by atoms with E-state index in [0.29, 0.717) is 29.5 Å². The van der Waals surface area contributed by atoms with Crippen LogP contribution in [0.4, 0.5) is 0 Å². The fraction of sp³-hybridized carbons (Fsp3) is 0.750. The molecule has 2 bridgehead atoms. The third-order valence-electron chi connectivity index (χ3n) is 4.30. The quantitative estimate of drug-likeness (QED) is 0.480. The SMILES string of the molecule is O=C1C(Br)CC[C@@H]2[C@H]1[C@H]1C=C[C@@H]2CC1. The van der Waals surface area contributed by atoms with Crippen LogP contribution in [-0.2, 0) is 4.79 Å². The zero-order valence-corrected chi connectivity index (χ0v) is 9.74. The van der Waals surface area contributed by atoms with Gasteiger partial charge in [-0.1, -0.05) is 28.1 Å². The van der Waals surface area contributed by atoms with E-state index >= 15 is 0 Å². The largest absolute Gasteiger partial charge is 0.298 e. The lowest BCUT2D eigenvalue weighted by atomic mass is 9.57. The Morgan fingerprint density at radius 3 is 2.50 bits per heavy atom. The minimum atomic E-state index is 0.150. The van der Waals surface area contributed by atoms with Crippen molar-refractivity contribution in [3.05, 3.63) is 12.2 Å². The maximum absolute atomic E-state index is 12.1. The third-order valence-corrected chi connectivity index (χ3v) is 5.21. The van der Waals surface area contributed by atoms with Crippen LogP contribution in [-0.4, -0.2) is 10.6 Å². The number of Topliss-reactive ketones (excluding diaryl/α,β-unsaturated/α-hetero) is 1. The Kier molecular flexibility index (Phi) is 2.08. The summed E-state index contributed by atoms with van der Waals surface area (Å²) in [5.74, 6) is 2.81. The van der Waals surface area contributed by atoms with Gasteiger partial charge in [0, 0.05) is 5.92 Å². The number of ketones is 1. The number of allylic oxidation sites excluding steroid dienone is 2. The minimum absolute atomic E-state index is 0.150. The topological polar surface area (TPSA) is 17.1 Å². The fourth-order valence-electron chi connectivity index (χ4n) is 3.61. The Labute approximate surface area is 93.1 Å². The number of halogens is 1. The molecule has 0 amide bonds. The van der Waals surface area contributed by atoms with Crippen molar-refractivity contribution < 1.29 is 4.79 Å². The van der Waals surface area contributed by atoms with Gasteiger partial charge in [0.05, 0.1) is 4.83 Å². The van der Waals surface area contributed by atoms with E-state index in [0.717, 1.165) is 6.42 Å². The Morgan fingerprint density at radius 1 is 1.07 bits per heavy atom. The summed E-state index contributed by atoms with van der Waals surface area (Å²) >= 11 is 3.51. The van der Waals surface area contributed by atoms with Crippen LogP contribution in [0.15, 0.2) is 12.2 Å². The standard InChI is InChI=1S/C12H15BrO/c13-10-6-5-9-7-1-3-8(4-2-7)11(9)12(10)14/h1,3,7-11H,2,4-6H2/t7-,8+,9+,10?,11-/m1/s1. The van der Waals surface area contributed by atoms with Gasteiger partial charge in [-0.05, 0) is 43.4 Å². The lowest BCUT2D eigenvalue weighted by Crippen LogP contribution is -2.47. The molecule has 0 aromatic heterocycles. The molecule has 0 aliphatic heterocycles. The van der Waals surface area contributed by atoms with E-state index in [1.54, 1.807) is 0 Å². The molecule has 0 aromatic carbocycles. The highest BCUT2D eigenvalue weighted by Gasteiger charge is 2.47. The highest BCUT2D eigenvalue weighted by Crippen LogP contribution is 2.50. The van der Waals surface area contributed by atoms with Crippen LogP contribution in [0.25, 0.3) is 0 Å².